The second kappa shape index (κ2) is 5.12. The predicted molar refractivity (Wildman–Crippen MR) is 75.0 cm³/mol. The molecule has 0 amide bonds. The van der Waals surface area contributed by atoms with E-state index in [2.05, 4.69) is 14.9 Å². The fourth-order valence-corrected chi connectivity index (χ4v) is 3.16. The van der Waals surface area contributed by atoms with E-state index in [0.29, 0.717) is 5.39 Å². The van der Waals surface area contributed by atoms with Crippen LogP contribution in [0.1, 0.15) is 5.82 Å². The van der Waals surface area contributed by atoms with E-state index < -0.39 is 0 Å². The molecular weight excluding hydrogens is 246 g/mol. The van der Waals surface area contributed by atoms with Gasteiger partial charge in [0.15, 0.2) is 0 Å². The topological polar surface area (TPSA) is 49.0 Å². The number of aromatic nitrogens is 2. The Labute approximate surface area is 109 Å². The fraction of sp³-hybridized carbons (Fsp3) is 0.385. The van der Waals surface area contributed by atoms with Crippen LogP contribution in [-0.2, 0) is 6.54 Å². The molecule has 1 aromatic heterocycles. The second-order valence-corrected chi connectivity index (χ2v) is 5.64. The van der Waals surface area contributed by atoms with Crippen molar-refractivity contribution in [2.24, 2.45) is 0 Å². The van der Waals surface area contributed by atoms with E-state index in [9.17, 15) is 4.79 Å². The molecule has 94 valence electrons. The lowest BCUT2D eigenvalue weighted by Crippen LogP contribution is -2.33. The summed E-state index contributed by atoms with van der Waals surface area (Å²) in [5.74, 6) is 3.10. The Morgan fingerprint density at radius 2 is 2.06 bits per heavy atom. The number of hydrogen-bond acceptors (Lipinski definition) is 4. The van der Waals surface area contributed by atoms with Gasteiger partial charge < -0.3 is 4.98 Å². The quantitative estimate of drug-likeness (QED) is 0.889. The van der Waals surface area contributed by atoms with Gasteiger partial charge in [-0.3, -0.25) is 9.69 Å². The predicted octanol–water partition coefficient (Wildman–Crippen LogP) is 1.47. The van der Waals surface area contributed by atoms with E-state index in [1.807, 2.05) is 36.0 Å². The van der Waals surface area contributed by atoms with Gasteiger partial charge in [-0.15, -0.1) is 0 Å². The van der Waals surface area contributed by atoms with Gasteiger partial charge in [0.25, 0.3) is 5.56 Å². The summed E-state index contributed by atoms with van der Waals surface area (Å²) in [6.07, 6.45) is 0. The molecule has 0 atom stereocenters. The zero-order valence-electron chi connectivity index (χ0n) is 10.1. The summed E-state index contributed by atoms with van der Waals surface area (Å²) in [6, 6.07) is 7.47. The van der Waals surface area contributed by atoms with E-state index in [4.69, 9.17) is 0 Å². The summed E-state index contributed by atoms with van der Waals surface area (Å²) in [5, 5.41) is 0.662. The van der Waals surface area contributed by atoms with E-state index in [1.165, 1.54) is 0 Å². The Bertz CT molecular complexity index is 604. The molecule has 1 aliphatic rings. The molecule has 0 unspecified atom stereocenters. The maximum absolute atomic E-state index is 11.9. The first-order valence-electron chi connectivity index (χ1n) is 6.11. The van der Waals surface area contributed by atoms with Gasteiger partial charge in [-0.25, -0.2) is 4.98 Å². The van der Waals surface area contributed by atoms with Crippen LogP contribution in [0.3, 0.4) is 0 Å². The van der Waals surface area contributed by atoms with Gasteiger partial charge in [-0.1, -0.05) is 12.1 Å². The van der Waals surface area contributed by atoms with E-state index in [0.717, 1.165) is 42.5 Å². The molecule has 0 radical (unpaired) electrons. The van der Waals surface area contributed by atoms with E-state index in [-0.39, 0.29) is 5.56 Å². The Morgan fingerprint density at radius 1 is 1.28 bits per heavy atom. The minimum absolute atomic E-state index is 0.0398. The Kier molecular flexibility index (Phi) is 3.34. The first-order valence-corrected chi connectivity index (χ1v) is 7.26. The van der Waals surface area contributed by atoms with Crippen molar-refractivity contribution in [3.8, 4) is 0 Å². The van der Waals surface area contributed by atoms with Gasteiger partial charge in [0.05, 0.1) is 17.4 Å². The molecule has 0 aliphatic carbocycles. The van der Waals surface area contributed by atoms with Gasteiger partial charge in [0.2, 0.25) is 0 Å². The molecule has 1 aliphatic heterocycles. The van der Waals surface area contributed by atoms with Crippen molar-refractivity contribution >= 4 is 22.7 Å². The zero-order valence-corrected chi connectivity index (χ0v) is 10.9. The van der Waals surface area contributed by atoms with Crippen LogP contribution >= 0.6 is 11.8 Å². The lowest BCUT2D eigenvalue weighted by atomic mass is 10.2. The molecule has 0 spiro atoms. The average Bonchev–Trinajstić information content (AvgIpc) is 2.40. The number of rotatable bonds is 2. The third-order valence-electron chi connectivity index (χ3n) is 3.14. The number of nitrogens with zero attached hydrogens (tertiary/aromatic N) is 2. The largest absolute Gasteiger partial charge is 0.309 e. The van der Waals surface area contributed by atoms with Crippen molar-refractivity contribution < 1.29 is 0 Å². The van der Waals surface area contributed by atoms with Gasteiger partial charge in [-0.05, 0) is 12.1 Å². The number of H-pyrrole nitrogens is 1. The summed E-state index contributed by atoms with van der Waals surface area (Å²) in [5.41, 5.74) is 0.740. The zero-order chi connectivity index (χ0) is 12.4. The molecule has 1 fully saturated rings. The molecule has 1 N–H and O–H groups in total. The van der Waals surface area contributed by atoms with Crippen molar-refractivity contribution in [2.45, 2.75) is 6.54 Å². The van der Waals surface area contributed by atoms with Crippen LogP contribution in [0.5, 0.6) is 0 Å². The highest BCUT2D eigenvalue weighted by Crippen LogP contribution is 2.12. The smallest absolute Gasteiger partial charge is 0.258 e. The van der Waals surface area contributed by atoms with Crippen LogP contribution in [0, 0.1) is 0 Å². The molecular formula is C13H15N3OS. The SMILES string of the molecule is O=c1[nH]c(CN2CCSCC2)nc2ccccc12. The van der Waals surface area contributed by atoms with E-state index in [1.54, 1.807) is 0 Å². The monoisotopic (exact) mass is 261 g/mol. The molecule has 1 saturated heterocycles. The van der Waals surface area contributed by atoms with Crippen LogP contribution in [0.15, 0.2) is 29.1 Å². The summed E-state index contributed by atoms with van der Waals surface area (Å²) < 4.78 is 0. The molecule has 2 heterocycles. The first-order chi connectivity index (χ1) is 8.83. The van der Waals surface area contributed by atoms with Gasteiger partial charge >= 0.3 is 0 Å². The highest BCUT2D eigenvalue weighted by Gasteiger charge is 2.12. The number of fused-ring (bicyclic) bond motifs is 1. The fourth-order valence-electron chi connectivity index (χ4n) is 2.18. The number of para-hydroxylation sites is 1. The number of thioether (sulfide) groups is 1. The third-order valence-corrected chi connectivity index (χ3v) is 4.08. The molecule has 0 bridgehead atoms. The van der Waals surface area contributed by atoms with Crippen LogP contribution in [-0.4, -0.2) is 39.5 Å². The molecule has 18 heavy (non-hydrogen) atoms. The Hall–Kier alpha value is -1.33. The van der Waals surface area contributed by atoms with Crippen molar-refractivity contribution in [3.05, 3.63) is 40.4 Å². The summed E-state index contributed by atoms with van der Waals surface area (Å²) in [4.78, 5) is 21.7. The highest BCUT2D eigenvalue weighted by atomic mass is 32.2. The number of nitrogens with one attached hydrogen (secondary N) is 1. The van der Waals surface area contributed by atoms with Gasteiger partial charge in [0, 0.05) is 24.6 Å². The standard InChI is InChI=1S/C13H15N3OS/c17-13-10-3-1-2-4-11(10)14-12(15-13)9-16-5-7-18-8-6-16/h1-4H,5-9H2,(H,14,15,17). The maximum Gasteiger partial charge on any atom is 0.258 e. The number of benzene rings is 1. The summed E-state index contributed by atoms with van der Waals surface area (Å²) in [6.45, 7) is 2.88. The molecule has 1 aromatic carbocycles. The van der Waals surface area contributed by atoms with Crippen molar-refractivity contribution in [2.75, 3.05) is 24.6 Å². The van der Waals surface area contributed by atoms with Crippen LogP contribution in [0.2, 0.25) is 0 Å². The summed E-state index contributed by atoms with van der Waals surface area (Å²) >= 11 is 1.98. The van der Waals surface area contributed by atoms with Gasteiger partial charge in [0.1, 0.15) is 5.82 Å². The lowest BCUT2D eigenvalue weighted by molar-refractivity contribution is 0.287. The molecule has 4 nitrogen and oxygen atoms in total. The molecule has 3 rings (SSSR count). The molecule has 5 heteroatoms. The highest BCUT2D eigenvalue weighted by molar-refractivity contribution is 7.99. The average molecular weight is 261 g/mol. The number of hydrogen-bond donors (Lipinski definition) is 1. The summed E-state index contributed by atoms with van der Waals surface area (Å²) in [7, 11) is 0. The van der Waals surface area contributed by atoms with Crippen LogP contribution < -0.4 is 5.56 Å². The minimum Gasteiger partial charge on any atom is -0.309 e. The Balaban J connectivity index is 1.90. The maximum atomic E-state index is 11.9. The van der Waals surface area contributed by atoms with Crippen molar-refractivity contribution in [3.63, 3.8) is 0 Å². The van der Waals surface area contributed by atoms with Crippen LogP contribution in [0.4, 0.5) is 0 Å². The Morgan fingerprint density at radius 3 is 2.89 bits per heavy atom. The normalized spacial score (nSPS) is 17.1. The van der Waals surface area contributed by atoms with Crippen molar-refractivity contribution in [1.29, 1.82) is 0 Å². The minimum atomic E-state index is -0.0398. The van der Waals surface area contributed by atoms with Crippen LogP contribution in [0.25, 0.3) is 10.9 Å². The van der Waals surface area contributed by atoms with E-state index >= 15 is 0 Å². The van der Waals surface area contributed by atoms with Gasteiger partial charge in [-0.2, -0.15) is 11.8 Å². The lowest BCUT2D eigenvalue weighted by Gasteiger charge is -2.25. The second-order valence-electron chi connectivity index (χ2n) is 4.42. The molecule has 2 aromatic rings. The molecule has 0 saturated carbocycles. The number of aromatic amines is 1. The first kappa shape index (κ1) is 11.7. The van der Waals surface area contributed by atoms with Crippen molar-refractivity contribution in [1.82, 2.24) is 14.9 Å². The third kappa shape index (κ3) is 2.42.